The van der Waals surface area contributed by atoms with Gasteiger partial charge in [-0.3, -0.25) is 14.9 Å². The summed E-state index contributed by atoms with van der Waals surface area (Å²) in [6.07, 6.45) is 1.43. The number of carbonyl (C=O) groups excluding carboxylic acids is 3. The summed E-state index contributed by atoms with van der Waals surface area (Å²) in [7, 11) is 0. The summed E-state index contributed by atoms with van der Waals surface area (Å²) in [5, 5.41) is 2.24. The summed E-state index contributed by atoms with van der Waals surface area (Å²) in [6.45, 7) is 2.67. The van der Waals surface area contributed by atoms with E-state index in [1.165, 1.54) is 6.08 Å². The second-order valence-corrected chi connectivity index (χ2v) is 8.26. The van der Waals surface area contributed by atoms with Crippen LogP contribution in [0.25, 0.3) is 6.08 Å². The van der Waals surface area contributed by atoms with E-state index in [4.69, 9.17) is 9.47 Å². The maximum atomic E-state index is 13.2. The third-order valence-electron chi connectivity index (χ3n) is 5.02. The molecule has 34 heavy (non-hydrogen) atoms. The molecule has 0 bridgehead atoms. The number of amides is 4. The molecular weight excluding hydrogens is 500 g/mol. The van der Waals surface area contributed by atoms with Gasteiger partial charge in [0.1, 0.15) is 23.7 Å². The highest BCUT2D eigenvalue weighted by Crippen LogP contribution is 2.29. The number of benzene rings is 3. The molecule has 4 amide bonds. The largest absolute Gasteiger partial charge is 0.494 e. The molecule has 1 N–H and O–H groups in total. The zero-order chi connectivity index (χ0) is 24.1. The van der Waals surface area contributed by atoms with Crippen molar-refractivity contribution < 1.29 is 23.9 Å². The molecule has 4 rings (SSSR count). The van der Waals surface area contributed by atoms with Crippen LogP contribution in [0.3, 0.4) is 0 Å². The maximum Gasteiger partial charge on any atom is 0.335 e. The smallest absolute Gasteiger partial charge is 0.335 e. The van der Waals surface area contributed by atoms with Gasteiger partial charge in [0.05, 0.1) is 12.3 Å². The van der Waals surface area contributed by atoms with Crippen LogP contribution in [-0.2, 0) is 16.2 Å². The quantitative estimate of drug-likeness (QED) is 0.346. The molecule has 0 aromatic heterocycles. The summed E-state index contributed by atoms with van der Waals surface area (Å²) < 4.78 is 12.1. The number of imide groups is 2. The number of nitrogens with zero attached hydrogens (tertiary/aromatic N) is 1. The lowest BCUT2D eigenvalue weighted by Gasteiger charge is -2.26. The molecule has 1 heterocycles. The average Bonchev–Trinajstić information content (AvgIpc) is 2.83. The van der Waals surface area contributed by atoms with E-state index in [9.17, 15) is 14.4 Å². The van der Waals surface area contributed by atoms with Crippen molar-refractivity contribution in [1.82, 2.24) is 5.32 Å². The number of carbonyl (C=O) groups is 3. The van der Waals surface area contributed by atoms with Gasteiger partial charge in [-0.2, -0.15) is 0 Å². The summed E-state index contributed by atoms with van der Waals surface area (Å²) in [5.74, 6) is -0.403. The zero-order valence-electron chi connectivity index (χ0n) is 18.3. The van der Waals surface area contributed by atoms with Crippen LogP contribution in [0, 0.1) is 0 Å². The van der Waals surface area contributed by atoms with Crippen LogP contribution in [-0.4, -0.2) is 24.5 Å². The second kappa shape index (κ2) is 10.4. The van der Waals surface area contributed by atoms with Gasteiger partial charge in [-0.15, -0.1) is 0 Å². The SMILES string of the molecule is CCOc1ccc(N2C(=O)NC(=O)/C(=C\c3cc(Br)ccc3OCc3ccccc3)C2=O)cc1. The van der Waals surface area contributed by atoms with E-state index < -0.39 is 17.8 Å². The Balaban J connectivity index is 1.64. The van der Waals surface area contributed by atoms with Crippen molar-refractivity contribution in [3.05, 3.63) is 94.0 Å². The van der Waals surface area contributed by atoms with E-state index in [1.807, 2.05) is 37.3 Å². The van der Waals surface area contributed by atoms with Crippen molar-refractivity contribution >= 4 is 45.5 Å². The van der Waals surface area contributed by atoms with E-state index in [0.29, 0.717) is 36.0 Å². The highest BCUT2D eigenvalue weighted by Gasteiger charge is 2.37. The molecule has 8 heteroatoms. The minimum Gasteiger partial charge on any atom is -0.494 e. The van der Waals surface area contributed by atoms with Crippen LogP contribution in [0.2, 0.25) is 0 Å². The number of ether oxygens (including phenoxy) is 2. The summed E-state index contributed by atoms with van der Waals surface area (Å²) in [4.78, 5) is 39.2. The van der Waals surface area contributed by atoms with Gasteiger partial charge in [-0.1, -0.05) is 46.3 Å². The van der Waals surface area contributed by atoms with Crippen LogP contribution >= 0.6 is 15.9 Å². The van der Waals surface area contributed by atoms with Crippen LogP contribution in [0.5, 0.6) is 11.5 Å². The monoisotopic (exact) mass is 520 g/mol. The van der Waals surface area contributed by atoms with Crippen molar-refractivity contribution in [3.63, 3.8) is 0 Å². The Morgan fingerprint density at radius 1 is 0.941 bits per heavy atom. The van der Waals surface area contributed by atoms with Gasteiger partial charge in [0.15, 0.2) is 0 Å². The Kier molecular flexibility index (Phi) is 7.08. The Hall–Kier alpha value is -3.91. The summed E-state index contributed by atoms with van der Waals surface area (Å²) in [6, 6.07) is 20.6. The number of hydrogen-bond donors (Lipinski definition) is 1. The van der Waals surface area contributed by atoms with Crippen molar-refractivity contribution in [2.45, 2.75) is 13.5 Å². The first-order valence-electron chi connectivity index (χ1n) is 10.6. The molecule has 1 aliphatic rings. The maximum absolute atomic E-state index is 13.2. The number of nitrogens with one attached hydrogen (secondary N) is 1. The van der Waals surface area contributed by atoms with Crippen molar-refractivity contribution in [2.24, 2.45) is 0 Å². The fraction of sp³-hybridized carbons (Fsp3) is 0.115. The number of anilines is 1. The highest BCUT2D eigenvalue weighted by atomic mass is 79.9. The lowest BCUT2D eigenvalue weighted by atomic mass is 10.1. The predicted molar refractivity (Wildman–Crippen MR) is 132 cm³/mol. The number of hydrogen-bond acceptors (Lipinski definition) is 5. The van der Waals surface area contributed by atoms with Crippen LogP contribution in [0.15, 0.2) is 82.8 Å². The first kappa shape index (κ1) is 23.3. The lowest BCUT2D eigenvalue weighted by molar-refractivity contribution is -0.122. The van der Waals surface area contributed by atoms with Crippen LogP contribution in [0.4, 0.5) is 10.5 Å². The van der Waals surface area contributed by atoms with Gasteiger partial charge in [0.2, 0.25) is 0 Å². The molecule has 0 unspecified atom stereocenters. The molecule has 0 radical (unpaired) electrons. The number of halogens is 1. The van der Waals surface area contributed by atoms with Crippen molar-refractivity contribution in [3.8, 4) is 11.5 Å². The molecule has 0 atom stereocenters. The van der Waals surface area contributed by atoms with Crippen molar-refractivity contribution in [1.29, 1.82) is 0 Å². The Bertz CT molecular complexity index is 1260. The minimum absolute atomic E-state index is 0.184. The molecule has 1 fully saturated rings. The first-order chi connectivity index (χ1) is 16.5. The number of rotatable bonds is 7. The minimum atomic E-state index is -0.814. The van der Waals surface area contributed by atoms with Gasteiger partial charge in [0, 0.05) is 10.0 Å². The molecule has 3 aromatic rings. The molecule has 7 nitrogen and oxygen atoms in total. The first-order valence-corrected chi connectivity index (χ1v) is 11.4. The highest BCUT2D eigenvalue weighted by molar-refractivity contribution is 9.10. The van der Waals surface area contributed by atoms with Gasteiger partial charge in [0.25, 0.3) is 11.8 Å². The molecule has 0 spiro atoms. The number of urea groups is 1. The van der Waals surface area contributed by atoms with Crippen LogP contribution < -0.4 is 19.7 Å². The third-order valence-corrected chi connectivity index (χ3v) is 5.51. The molecule has 1 saturated heterocycles. The topological polar surface area (TPSA) is 84.9 Å². The summed E-state index contributed by atoms with van der Waals surface area (Å²) in [5.41, 5.74) is 1.63. The Labute approximate surface area is 205 Å². The molecule has 0 aliphatic carbocycles. The average molecular weight is 521 g/mol. The van der Waals surface area contributed by atoms with E-state index in [1.54, 1.807) is 42.5 Å². The van der Waals surface area contributed by atoms with E-state index in [-0.39, 0.29) is 5.57 Å². The van der Waals surface area contributed by atoms with E-state index in [2.05, 4.69) is 21.2 Å². The second-order valence-electron chi connectivity index (χ2n) is 7.34. The van der Waals surface area contributed by atoms with Gasteiger partial charge >= 0.3 is 6.03 Å². The molecule has 0 saturated carbocycles. The standard InChI is InChI=1S/C26H21BrN2O5/c1-2-33-21-11-9-20(10-12-21)29-25(31)22(24(30)28-26(29)32)15-18-14-19(27)8-13-23(18)34-16-17-6-4-3-5-7-17/h3-15H,2,16H2,1H3,(H,28,30,32)/b22-15+. The van der Waals surface area contributed by atoms with Gasteiger partial charge in [-0.05, 0) is 61.0 Å². The Morgan fingerprint density at radius 2 is 1.68 bits per heavy atom. The zero-order valence-corrected chi connectivity index (χ0v) is 19.9. The van der Waals surface area contributed by atoms with Crippen molar-refractivity contribution in [2.75, 3.05) is 11.5 Å². The molecular formula is C26H21BrN2O5. The predicted octanol–water partition coefficient (Wildman–Crippen LogP) is 5.09. The fourth-order valence-electron chi connectivity index (χ4n) is 3.40. The number of barbiturate groups is 1. The van der Waals surface area contributed by atoms with Gasteiger partial charge < -0.3 is 9.47 Å². The Morgan fingerprint density at radius 3 is 2.38 bits per heavy atom. The lowest BCUT2D eigenvalue weighted by Crippen LogP contribution is -2.54. The van der Waals surface area contributed by atoms with Crippen LogP contribution in [0.1, 0.15) is 18.1 Å². The summed E-state index contributed by atoms with van der Waals surface area (Å²) >= 11 is 3.42. The fourth-order valence-corrected chi connectivity index (χ4v) is 3.78. The molecule has 3 aromatic carbocycles. The third kappa shape index (κ3) is 5.18. The van der Waals surface area contributed by atoms with E-state index in [0.717, 1.165) is 14.9 Å². The molecule has 1 aliphatic heterocycles. The molecule has 172 valence electrons. The normalized spacial score (nSPS) is 14.8. The van der Waals surface area contributed by atoms with E-state index >= 15 is 0 Å². The van der Waals surface area contributed by atoms with Gasteiger partial charge in [-0.25, -0.2) is 9.69 Å².